The Kier molecular flexibility index (Phi) is 4.54. The van der Waals surface area contributed by atoms with E-state index in [0.717, 1.165) is 12.0 Å². The molecule has 0 spiro atoms. The van der Waals surface area contributed by atoms with E-state index in [9.17, 15) is 4.39 Å². The second-order valence-electron chi connectivity index (χ2n) is 4.94. The Balaban J connectivity index is 2.12. The second kappa shape index (κ2) is 5.78. The molecule has 1 aliphatic rings. The first-order chi connectivity index (χ1) is 8.55. The van der Waals surface area contributed by atoms with E-state index in [1.54, 1.807) is 6.07 Å². The number of rotatable bonds is 4. The third kappa shape index (κ3) is 2.99. The van der Waals surface area contributed by atoms with Crippen LogP contribution in [0.3, 0.4) is 0 Å². The number of nitrogens with one attached hydrogen (secondary N) is 1. The summed E-state index contributed by atoms with van der Waals surface area (Å²) in [5.74, 6) is 6.47. The topological polar surface area (TPSA) is 38.0 Å². The van der Waals surface area contributed by atoms with Crippen molar-refractivity contribution < 1.29 is 4.39 Å². The summed E-state index contributed by atoms with van der Waals surface area (Å²) in [5.41, 5.74) is 3.82. The number of hydrazine groups is 1. The van der Waals surface area contributed by atoms with Gasteiger partial charge in [-0.2, -0.15) is 11.8 Å². The van der Waals surface area contributed by atoms with Crippen LogP contribution in [0.1, 0.15) is 25.3 Å². The van der Waals surface area contributed by atoms with Crippen molar-refractivity contribution in [1.29, 1.82) is 0 Å². The zero-order valence-corrected chi connectivity index (χ0v) is 12.0. The van der Waals surface area contributed by atoms with Gasteiger partial charge in [0.15, 0.2) is 0 Å². The Morgan fingerprint density at radius 3 is 2.94 bits per heavy atom. The minimum absolute atomic E-state index is 0.130. The fourth-order valence-corrected chi connectivity index (χ4v) is 3.94. The molecule has 2 nitrogen and oxygen atoms in total. The number of benzene rings is 1. The van der Waals surface area contributed by atoms with Crippen LogP contribution in [-0.4, -0.2) is 16.5 Å². The SMILES string of the molecule is CC1(C(Cc2ccc(Cl)c(F)c2)NN)CCCS1. The highest BCUT2D eigenvalue weighted by molar-refractivity contribution is 8.00. The van der Waals surface area contributed by atoms with Crippen LogP contribution in [0.15, 0.2) is 18.2 Å². The van der Waals surface area contributed by atoms with Crippen molar-refractivity contribution in [3.8, 4) is 0 Å². The maximum Gasteiger partial charge on any atom is 0.142 e. The zero-order chi connectivity index (χ0) is 13.2. The zero-order valence-electron chi connectivity index (χ0n) is 10.4. The molecule has 0 amide bonds. The fourth-order valence-electron chi connectivity index (χ4n) is 2.43. The largest absolute Gasteiger partial charge is 0.271 e. The van der Waals surface area contributed by atoms with Gasteiger partial charge in [-0.3, -0.25) is 11.3 Å². The van der Waals surface area contributed by atoms with Crippen LogP contribution in [0.4, 0.5) is 4.39 Å². The Labute approximate surface area is 116 Å². The predicted molar refractivity (Wildman–Crippen MR) is 76.3 cm³/mol. The van der Waals surface area contributed by atoms with Crippen LogP contribution in [0.2, 0.25) is 5.02 Å². The van der Waals surface area contributed by atoms with Crippen molar-refractivity contribution in [2.45, 2.75) is 37.0 Å². The van der Waals surface area contributed by atoms with E-state index in [0.29, 0.717) is 6.42 Å². The van der Waals surface area contributed by atoms with E-state index in [1.165, 1.54) is 18.2 Å². The molecule has 100 valence electrons. The van der Waals surface area contributed by atoms with Crippen LogP contribution in [0.5, 0.6) is 0 Å². The lowest BCUT2D eigenvalue weighted by molar-refractivity contribution is 0.405. The number of hydrogen-bond acceptors (Lipinski definition) is 3. The first-order valence-corrected chi connectivity index (χ1v) is 7.45. The maximum absolute atomic E-state index is 13.4. The lowest BCUT2D eigenvalue weighted by Gasteiger charge is -2.33. The predicted octanol–water partition coefficient (Wildman–Crippen LogP) is 3.14. The van der Waals surface area contributed by atoms with Crippen LogP contribution in [-0.2, 0) is 6.42 Å². The Morgan fingerprint density at radius 2 is 2.39 bits per heavy atom. The third-order valence-corrected chi connectivity index (χ3v) is 5.56. The Hall–Kier alpha value is -0.290. The van der Waals surface area contributed by atoms with Crippen molar-refractivity contribution in [2.75, 3.05) is 5.75 Å². The maximum atomic E-state index is 13.4. The standard InChI is InChI=1S/C13H18ClFN2S/c1-13(5-2-6-18-13)12(17-16)8-9-3-4-10(14)11(15)7-9/h3-4,7,12,17H,2,5-6,8,16H2,1H3. The van der Waals surface area contributed by atoms with Crippen LogP contribution < -0.4 is 11.3 Å². The van der Waals surface area contributed by atoms with E-state index in [2.05, 4.69) is 12.3 Å². The molecule has 0 aliphatic carbocycles. The molecule has 2 atom stereocenters. The van der Waals surface area contributed by atoms with E-state index < -0.39 is 0 Å². The van der Waals surface area contributed by atoms with Crippen molar-refractivity contribution >= 4 is 23.4 Å². The van der Waals surface area contributed by atoms with Crippen molar-refractivity contribution in [2.24, 2.45) is 5.84 Å². The summed E-state index contributed by atoms with van der Waals surface area (Å²) in [5, 5.41) is 0.164. The number of halogens is 2. The average Bonchev–Trinajstić information content (AvgIpc) is 2.78. The first-order valence-electron chi connectivity index (χ1n) is 6.09. The first kappa shape index (κ1) is 14.1. The van der Waals surface area contributed by atoms with Gasteiger partial charge in [-0.1, -0.05) is 17.7 Å². The van der Waals surface area contributed by atoms with E-state index in [4.69, 9.17) is 17.4 Å². The molecule has 1 fully saturated rings. The molecule has 1 aromatic rings. The van der Waals surface area contributed by atoms with Gasteiger partial charge >= 0.3 is 0 Å². The lowest BCUT2D eigenvalue weighted by atomic mass is 9.91. The second-order valence-corrected chi connectivity index (χ2v) is 6.97. The van der Waals surface area contributed by atoms with E-state index >= 15 is 0 Å². The molecule has 0 bridgehead atoms. The van der Waals surface area contributed by atoms with Gasteiger partial charge in [-0.05, 0) is 49.6 Å². The van der Waals surface area contributed by atoms with Gasteiger partial charge in [-0.25, -0.2) is 4.39 Å². The van der Waals surface area contributed by atoms with E-state index in [1.807, 2.05) is 17.8 Å². The highest BCUT2D eigenvalue weighted by Gasteiger charge is 2.37. The molecule has 1 saturated heterocycles. The van der Waals surface area contributed by atoms with Gasteiger partial charge in [0.1, 0.15) is 5.82 Å². The molecule has 2 rings (SSSR count). The molecular weight excluding hydrogens is 271 g/mol. The van der Waals surface area contributed by atoms with Gasteiger partial charge in [0.05, 0.1) is 5.02 Å². The monoisotopic (exact) mass is 288 g/mol. The highest BCUT2D eigenvalue weighted by atomic mass is 35.5. The van der Waals surface area contributed by atoms with Crippen LogP contribution >= 0.6 is 23.4 Å². The molecule has 0 radical (unpaired) electrons. The lowest BCUT2D eigenvalue weighted by Crippen LogP contribution is -2.50. The van der Waals surface area contributed by atoms with Crippen LogP contribution in [0, 0.1) is 5.82 Å². The summed E-state index contributed by atoms with van der Waals surface area (Å²) in [6, 6.07) is 5.10. The smallest absolute Gasteiger partial charge is 0.142 e. The minimum Gasteiger partial charge on any atom is -0.271 e. The van der Waals surface area contributed by atoms with Gasteiger partial charge in [-0.15, -0.1) is 0 Å². The highest BCUT2D eigenvalue weighted by Crippen LogP contribution is 2.41. The molecule has 5 heteroatoms. The number of hydrogen-bond donors (Lipinski definition) is 2. The van der Waals surface area contributed by atoms with Gasteiger partial charge in [0.2, 0.25) is 0 Å². The third-order valence-electron chi connectivity index (χ3n) is 3.61. The molecule has 2 unspecified atom stereocenters. The van der Waals surface area contributed by atoms with E-state index in [-0.39, 0.29) is 21.6 Å². The quantitative estimate of drug-likeness (QED) is 0.660. The number of nitrogens with two attached hydrogens (primary N) is 1. The average molecular weight is 289 g/mol. The van der Waals surface area contributed by atoms with Gasteiger partial charge in [0.25, 0.3) is 0 Å². The molecule has 1 heterocycles. The minimum atomic E-state index is -0.367. The Bertz CT molecular complexity index is 421. The normalized spacial score (nSPS) is 25.3. The molecule has 1 aromatic carbocycles. The summed E-state index contributed by atoms with van der Waals surface area (Å²) < 4.78 is 13.5. The summed E-state index contributed by atoms with van der Waals surface area (Å²) in [6.45, 7) is 2.22. The Morgan fingerprint density at radius 1 is 1.61 bits per heavy atom. The summed E-state index contributed by atoms with van der Waals surface area (Å²) >= 11 is 7.63. The molecule has 0 saturated carbocycles. The van der Waals surface area contributed by atoms with Crippen molar-refractivity contribution in [3.05, 3.63) is 34.6 Å². The molecule has 0 aromatic heterocycles. The molecular formula is C13H18ClFN2S. The van der Waals surface area contributed by atoms with Crippen molar-refractivity contribution in [3.63, 3.8) is 0 Å². The fraction of sp³-hybridized carbons (Fsp3) is 0.538. The number of thioether (sulfide) groups is 1. The van der Waals surface area contributed by atoms with Gasteiger partial charge in [0, 0.05) is 10.8 Å². The molecule has 1 aliphatic heterocycles. The summed E-state index contributed by atoms with van der Waals surface area (Å²) in [4.78, 5) is 0. The van der Waals surface area contributed by atoms with Gasteiger partial charge < -0.3 is 0 Å². The summed E-state index contributed by atoms with van der Waals surface area (Å²) in [6.07, 6.45) is 3.07. The molecule has 18 heavy (non-hydrogen) atoms. The van der Waals surface area contributed by atoms with Crippen LogP contribution in [0.25, 0.3) is 0 Å². The summed E-state index contributed by atoms with van der Waals surface area (Å²) in [7, 11) is 0. The molecule has 3 N–H and O–H groups in total. The van der Waals surface area contributed by atoms with Crippen molar-refractivity contribution in [1.82, 2.24) is 5.43 Å².